The second-order valence-corrected chi connectivity index (χ2v) is 3.68. The van der Waals surface area contributed by atoms with E-state index >= 15 is 0 Å². The van der Waals surface area contributed by atoms with Gasteiger partial charge in [0.05, 0.1) is 11.3 Å². The third-order valence-corrected chi connectivity index (χ3v) is 2.46. The van der Waals surface area contributed by atoms with Crippen LogP contribution in [-0.2, 0) is 6.54 Å². The van der Waals surface area contributed by atoms with Gasteiger partial charge in [0.15, 0.2) is 0 Å². The maximum Gasteiger partial charge on any atom is 0.337 e. The average molecular weight is 246 g/mol. The van der Waals surface area contributed by atoms with Crippen molar-refractivity contribution in [3.63, 3.8) is 0 Å². The van der Waals surface area contributed by atoms with Crippen molar-refractivity contribution >= 4 is 11.7 Å². The molecule has 2 N–H and O–H groups in total. The molecule has 1 aromatic heterocycles. The maximum atomic E-state index is 13.6. The second-order valence-electron chi connectivity index (χ2n) is 3.68. The highest BCUT2D eigenvalue weighted by Crippen LogP contribution is 2.20. The Morgan fingerprint density at radius 1 is 1.28 bits per heavy atom. The molecular formula is C13H11FN2O2. The lowest BCUT2D eigenvalue weighted by Crippen LogP contribution is -2.08. The number of para-hydroxylation sites is 1. The second kappa shape index (κ2) is 5.27. The molecule has 0 radical (unpaired) electrons. The zero-order valence-corrected chi connectivity index (χ0v) is 9.43. The van der Waals surface area contributed by atoms with Crippen LogP contribution in [0.25, 0.3) is 0 Å². The van der Waals surface area contributed by atoms with Crippen LogP contribution in [0.3, 0.4) is 0 Å². The number of halogens is 1. The van der Waals surface area contributed by atoms with Crippen LogP contribution in [0.2, 0.25) is 0 Å². The number of carbonyl (C=O) groups is 1. The van der Waals surface area contributed by atoms with Gasteiger partial charge in [-0.25, -0.2) is 9.18 Å². The van der Waals surface area contributed by atoms with E-state index < -0.39 is 11.8 Å². The minimum Gasteiger partial charge on any atom is -0.478 e. The number of hydrogen-bond donors (Lipinski definition) is 2. The number of aromatic carboxylic acids is 1. The van der Waals surface area contributed by atoms with Crippen LogP contribution in [0.15, 0.2) is 42.7 Å². The molecule has 1 aromatic carbocycles. The molecule has 0 saturated heterocycles. The highest BCUT2D eigenvalue weighted by Gasteiger charge is 2.13. The third kappa shape index (κ3) is 2.63. The molecule has 0 atom stereocenters. The van der Waals surface area contributed by atoms with Crippen molar-refractivity contribution in [2.45, 2.75) is 6.54 Å². The highest BCUT2D eigenvalue weighted by molar-refractivity contribution is 5.94. The maximum absolute atomic E-state index is 13.6. The summed E-state index contributed by atoms with van der Waals surface area (Å²) in [5.41, 5.74) is 0.815. The summed E-state index contributed by atoms with van der Waals surface area (Å²) in [6.07, 6.45) is 3.24. The Morgan fingerprint density at radius 3 is 2.67 bits per heavy atom. The monoisotopic (exact) mass is 246 g/mol. The van der Waals surface area contributed by atoms with Crippen LogP contribution in [-0.4, -0.2) is 16.1 Å². The third-order valence-electron chi connectivity index (χ3n) is 2.46. The van der Waals surface area contributed by atoms with E-state index in [1.54, 1.807) is 24.5 Å². The Hall–Kier alpha value is -2.43. The largest absolute Gasteiger partial charge is 0.478 e. The average Bonchev–Trinajstić information content (AvgIpc) is 2.38. The van der Waals surface area contributed by atoms with Gasteiger partial charge in [-0.1, -0.05) is 6.07 Å². The van der Waals surface area contributed by atoms with Crippen molar-refractivity contribution in [1.82, 2.24) is 4.98 Å². The molecule has 0 fully saturated rings. The summed E-state index contributed by atoms with van der Waals surface area (Å²) in [6, 6.07) is 7.50. The van der Waals surface area contributed by atoms with E-state index in [4.69, 9.17) is 5.11 Å². The molecule has 0 amide bonds. The fraction of sp³-hybridized carbons (Fsp3) is 0.0769. The van der Waals surface area contributed by atoms with Crippen LogP contribution in [0.1, 0.15) is 15.9 Å². The van der Waals surface area contributed by atoms with E-state index in [-0.39, 0.29) is 11.3 Å². The number of nitrogens with one attached hydrogen (secondary N) is 1. The number of aromatic nitrogens is 1. The van der Waals surface area contributed by atoms with Gasteiger partial charge in [-0.15, -0.1) is 0 Å². The fourth-order valence-electron chi connectivity index (χ4n) is 1.57. The van der Waals surface area contributed by atoms with E-state index in [1.807, 2.05) is 0 Å². The van der Waals surface area contributed by atoms with Gasteiger partial charge in [-0.2, -0.15) is 0 Å². The Kier molecular flexibility index (Phi) is 3.52. The number of anilines is 1. The lowest BCUT2D eigenvalue weighted by molar-refractivity contribution is 0.0697. The van der Waals surface area contributed by atoms with Crippen molar-refractivity contribution in [3.8, 4) is 0 Å². The Bertz CT molecular complexity index is 558. The standard InChI is InChI=1S/C13H11FN2O2/c14-11-3-1-2-10(13(17)18)12(11)16-8-9-4-6-15-7-5-9/h1-7,16H,8H2,(H,17,18). The summed E-state index contributed by atoms with van der Waals surface area (Å²) in [7, 11) is 0. The van der Waals surface area contributed by atoms with Crippen LogP contribution < -0.4 is 5.32 Å². The van der Waals surface area contributed by atoms with Crippen LogP contribution >= 0.6 is 0 Å². The first-order valence-corrected chi connectivity index (χ1v) is 5.33. The lowest BCUT2D eigenvalue weighted by Gasteiger charge is -2.10. The number of benzene rings is 1. The normalized spacial score (nSPS) is 10.1. The van der Waals surface area contributed by atoms with Gasteiger partial charge in [0.1, 0.15) is 5.82 Å². The predicted molar refractivity (Wildman–Crippen MR) is 64.9 cm³/mol. The van der Waals surface area contributed by atoms with Gasteiger partial charge in [-0.3, -0.25) is 4.98 Å². The van der Waals surface area contributed by atoms with Crippen molar-refractivity contribution < 1.29 is 14.3 Å². The van der Waals surface area contributed by atoms with Crippen molar-refractivity contribution in [2.75, 3.05) is 5.32 Å². The number of nitrogens with zero attached hydrogens (tertiary/aromatic N) is 1. The Morgan fingerprint density at radius 2 is 2.00 bits per heavy atom. The number of pyridine rings is 1. The summed E-state index contributed by atoms with van der Waals surface area (Å²) in [6.45, 7) is 0.337. The molecule has 5 heteroatoms. The summed E-state index contributed by atoms with van der Waals surface area (Å²) in [5.74, 6) is -1.74. The lowest BCUT2D eigenvalue weighted by atomic mass is 10.1. The summed E-state index contributed by atoms with van der Waals surface area (Å²) < 4.78 is 13.6. The predicted octanol–water partition coefficient (Wildman–Crippen LogP) is 2.53. The molecule has 0 aliphatic heterocycles. The first kappa shape index (κ1) is 12.0. The van der Waals surface area contributed by atoms with Gasteiger partial charge in [0.25, 0.3) is 0 Å². The van der Waals surface area contributed by atoms with Gasteiger partial charge in [-0.05, 0) is 29.8 Å². The summed E-state index contributed by atoms with van der Waals surface area (Å²) in [5, 5.41) is 11.8. The topological polar surface area (TPSA) is 62.2 Å². The van der Waals surface area contributed by atoms with E-state index in [1.165, 1.54) is 18.2 Å². The Labute approximate surface area is 103 Å². The number of rotatable bonds is 4. The highest BCUT2D eigenvalue weighted by atomic mass is 19.1. The first-order valence-electron chi connectivity index (χ1n) is 5.33. The van der Waals surface area contributed by atoms with E-state index in [0.717, 1.165) is 5.56 Å². The van der Waals surface area contributed by atoms with Crippen molar-refractivity contribution in [2.24, 2.45) is 0 Å². The zero-order chi connectivity index (χ0) is 13.0. The molecule has 2 rings (SSSR count). The molecule has 0 spiro atoms. The molecule has 1 heterocycles. The Balaban J connectivity index is 2.21. The van der Waals surface area contributed by atoms with E-state index in [2.05, 4.69) is 10.3 Å². The molecule has 18 heavy (non-hydrogen) atoms. The first-order chi connectivity index (χ1) is 8.68. The van der Waals surface area contributed by atoms with Gasteiger partial charge in [0, 0.05) is 18.9 Å². The summed E-state index contributed by atoms with van der Waals surface area (Å²) >= 11 is 0. The van der Waals surface area contributed by atoms with Gasteiger partial charge >= 0.3 is 5.97 Å². The van der Waals surface area contributed by atoms with Gasteiger partial charge < -0.3 is 10.4 Å². The van der Waals surface area contributed by atoms with Crippen molar-refractivity contribution in [3.05, 3.63) is 59.7 Å². The van der Waals surface area contributed by atoms with Crippen molar-refractivity contribution in [1.29, 1.82) is 0 Å². The molecule has 0 aliphatic rings. The molecule has 2 aromatic rings. The molecule has 0 aliphatic carbocycles. The number of carboxylic acids is 1. The van der Waals surface area contributed by atoms with Crippen LogP contribution in [0, 0.1) is 5.82 Å². The molecule has 92 valence electrons. The minimum atomic E-state index is -1.16. The van der Waals surface area contributed by atoms with Crippen LogP contribution in [0.5, 0.6) is 0 Å². The van der Waals surface area contributed by atoms with E-state index in [9.17, 15) is 9.18 Å². The molecule has 0 bridgehead atoms. The molecule has 4 nitrogen and oxygen atoms in total. The smallest absolute Gasteiger partial charge is 0.337 e. The fourth-order valence-corrected chi connectivity index (χ4v) is 1.57. The van der Waals surface area contributed by atoms with E-state index in [0.29, 0.717) is 6.54 Å². The summed E-state index contributed by atoms with van der Waals surface area (Å²) in [4.78, 5) is 14.8. The molecular weight excluding hydrogens is 235 g/mol. The number of carboxylic acid groups (broad SMARTS) is 1. The molecule has 0 unspecified atom stereocenters. The molecule has 0 saturated carbocycles. The van der Waals surface area contributed by atoms with Crippen LogP contribution in [0.4, 0.5) is 10.1 Å². The SMILES string of the molecule is O=C(O)c1cccc(F)c1NCc1ccncc1. The quantitative estimate of drug-likeness (QED) is 0.870. The zero-order valence-electron chi connectivity index (χ0n) is 9.43. The number of hydrogen-bond acceptors (Lipinski definition) is 3. The minimum absolute atomic E-state index is 0.00168. The van der Waals surface area contributed by atoms with Gasteiger partial charge in [0.2, 0.25) is 0 Å².